The quantitative estimate of drug-likeness (QED) is 0.499. The van der Waals surface area contributed by atoms with E-state index in [-0.39, 0.29) is 29.6 Å². The molecule has 2 aromatic rings. The van der Waals surface area contributed by atoms with Crippen LogP contribution < -0.4 is 5.43 Å². The molecule has 1 heterocycles. The molecule has 1 aliphatic rings. The molecule has 6 nitrogen and oxygen atoms in total. The molecule has 0 radical (unpaired) electrons. The van der Waals surface area contributed by atoms with Crippen molar-refractivity contribution in [3.63, 3.8) is 0 Å². The van der Waals surface area contributed by atoms with Crippen LogP contribution in [0.15, 0.2) is 41.5 Å². The number of benzene rings is 2. The molecule has 0 aromatic heterocycles. The Morgan fingerprint density at radius 2 is 1.77 bits per heavy atom. The molecule has 0 bridgehead atoms. The molecular formula is C23H28F2N4O2. The Kier molecular flexibility index (Phi) is 8.08. The first-order chi connectivity index (χ1) is 14.9. The van der Waals surface area contributed by atoms with E-state index >= 15 is 0 Å². The first kappa shape index (κ1) is 22.8. The fraction of sp³-hybridized carbons (Fsp3) is 0.391. The number of phenols is 1. The smallest absolute Gasteiger partial charge is 0.254 e. The van der Waals surface area contributed by atoms with Crippen molar-refractivity contribution in [2.24, 2.45) is 5.10 Å². The Morgan fingerprint density at radius 3 is 2.45 bits per heavy atom. The Bertz CT molecular complexity index is 911. The van der Waals surface area contributed by atoms with Crippen molar-refractivity contribution in [1.29, 1.82) is 0 Å². The number of hydrazone groups is 1. The highest BCUT2D eigenvalue weighted by molar-refractivity contribution is 5.86. The lowest BCUT2D eigenvalue weighted by molar-refractivity contribution is -0.122. The number of piperazine rings is 1. The van der Waals surface area contributed by atoms with E-state index in [9.17, 15) is 18.7 Å². The van der Waals surface area contributed by atoms with Crippen molar-refractivity contribution in [3.8, 4) is 5.75 Å². The average Bonchev–Trinajstić information content (AvgIpc) is 2.74. The molecule has 31 heavy (non-hydrogen) atoms. The maximum Gasteiger partial charge on any atom is 0.254 e. The molecule has 1 aliphatic heterocycles. The van der Waals surface area contributed by atoms with Gasteiger partial charge in [0, 0.05) is 38.3 Å². The lowest BCUT2D eigenvalue weighted by Crippen LogP contribution is -2.48. The van der Waals surface area contributed by atoms with E-state index in [4.69, 9.17) is 0 Å². The fourth-order valence-electron chi connectivity index (χ4n) is 3.60. The lowest BCUT2D eigenvalue weighted by atomic mass is 10.1. The van der Waals surface area contributed by atoms with Gasteiger partial charge in [-0.05, 0) is 41.8 Å². The van der Waals surface area contributed by atoms with Crippen molar-refractivity contribution in [2.45, 2.75) is 26.3 Å². The third kappa shape index (κ3) is 6.83. The van der Waals surface area contributed by atoms with Gasteiger partial charge in [0.25, 0.3) is 5.91 Å². The van der Waals surface area contributed by atoms with Crippen LogP contribution in [0, 0.1) is 11.6 Å². The number of phenolic OH excluding ortho intramolecular Hbond substituents is 1. The molecule has 3 rings (SSSR count). The third-order valence-electron chi connectivity index (χ3n) is 5.25. The predicted octanol–water partition coefficient (Wildman–Crippen LogP) is 2.89. The van der Waals surface area contributed by atoms with Crippen molar-refractivity contribution in [2.75, 3.05) is 32.7 Å². The third-order valence-corrected chi connectivity index (χ3v) is 5.25. The van der Waals surface area contributed by atoms with Crippen molar-refractivity contribution in [1.82, 2.24) is 15.2 Å². The molecule has 1 saturated heterocycles. The molecule has 1 fully saturated rings. The molecule has 2 N–H and O–H groups in total. The summed E-state index contributed by atoms with van der Waals surface area (Å²) >= 11 is 0. The topological polar surface area (TPSA) is 68.2 Å². The number of nitrogens with one attached hydrogen (secondary N) is 1. The highest BCUT2D eigenvalue weighted by atomic mass is 19.1. The van der Waals surface area contributed by atoms with Gasteiger partial charge in [-0.15, -0.1) is 0 Å². The van der Waals surface area contributed by atoms with E-state index in [1.54, 1.807) is 12.1 Å². The Balaban J connectivity index is 1.44. The van der Waals surface area contributed by atoms with E-state index in [2.05, 4.69) is 15.4 Å². The monoisotopic (exact) mass is 430 g/mol. The summed E-state index contributed by atoms with van der Waals surface area (Å²) in [4.78, 5) is 16.5. The largest absolute Gasteiger partial charge is 0.507 e. The molecule has 0 aliphatic carbocycles. The van der Waals surface area contributed by atoms with Crippen molar-refractivity contribution < 1.29 is 18.7 Å². The second kappa shape index (κ2) is 11.0. The molecule has 0 saturated carbocycles. The molecule has 0 unspecified atom stereocenters. The minimum atomic E-state index is -0.451. The van der Waals surface area contributed by atoms with Crippen LogP contribution in [-0.4, -0.2) is 59.8 Å². The zero-order chi connectivity index (χ0) is 22.2. The summed E-state index contributed by atoms with van der Waals surface area (Å²) in [5.41, 5.74) is 4.26. The Hall–Kier alpha value is -2.84. The molecule has 0 spiro atoms. The number of carbonyl (C=O) groups excluding carboxylic acids is 1. The van der Waals surface area contributed by atoms with E-state index < -0.39 is 5.82 Å². The van der Waals surface area contributed by atoms with Gasteiger partial charge >= 0.3 is 0 Å². The van der Waals surface area contributed by atoms with Gasteiger partial charge < -0.3 is 5.11 Å². The number of hydrogen-bond donors (Lipinski definition) is 2. The second-order valence-corrected chi connectivity index (χ2v) is 7.72. The standard InChI is InChI=1S/C23H28F2N4O2/c1-2-3-18-12-21(25)13-19(23(18)31)14-26-27-22(30)16-29-10-8-28(9-11-29)15-17-4-6-20(24)7-5-17/h4-7,12-14,31H,2-3,8-11,15-16H2,1H3,(H,27,30)/b26-14+. The molecule has 0 atom stereocenters. The van der Waals surface area contributed by atoms with Crippen LogP contribution in [0.1, 0.15) is 30.0 Å². The Labute approximate surface area is 181 Å². The summed E-state index contributed by atoms with van der Waals surface area (Å²) in [5, 5.41) is 14.1. The van der Waals surface area contributed by atoms with Gasteiger partial charge in [0.05, 0.1) is 12.8 Å². The minimum Gasteiger partial charge on any atom is -0.507 e. The van der Waals surface area contributed by atoms with Crippen molar-refractivity contribution >= 4 is 12.1 Å². The van der Waals surface area contributed by atoms with Gasteiger partial charge in [-0.1, -0.05) is 25.5 Å². The SMILES string of the molecule is CCCc1cc(F)cc(/C=N/NC(=O)CN2CCN(Cc3ccc(F)cc3)CC2)c1O. The molecule has 2 aromatic carbocycles. The van der Waals surface area contributed by atoms with Gasteiger partial charge in [0.1, 0.15) is 17.4 Å². The highest BCUT2D eigenvalue weighted by Gasteiger charge is 2.19. The second-order valence-electron chi connectivity index (χ2n) is 7.72. The van der Waals surface area contributed by atoms with Crippen molar-refractivity contribution in [3.05, 3.63) is 64.7 Å². The maximum absolute atomic E-state index is 13.7. The summed E-state index contributed by atoms with van der Waals surface area (Å²) < 4.78 is 26.7. The number of nitrogens with zero attached hydrogens (tertiary/aromatic N) is 3. The fourth-order valence-corrected chi connectivity index (χ4v) is 3.60. The number of halogens is 2. The first-order valence-corrected chi connectivity index (χ1v) is 10.5. The minimum absolute atomic E-state index is 0.0153. The van der Waals surface area contributed by atoms with Gasteiger partial charge in [0.2, 0.25) is 0 Å². The molecule has 166 valence electrons. The summed E-state index contributed by atoms with van der Waals surface area (Å²) in [6.07, 6.45) is 2.60. The number of amides is 1. The van der Waals surface area contributed by atoms with Gasteiger partial charge in [-0.2, -0.15) is 5.10 Å². The predicted molar refractivity (Wildman–Crippen MR) is 116 cm³/mol. The van der Waals surface area contributed by atoms with Crippen LogP contribution in [0.2, 0.25) is 0 Å². The van der Waals surface area contributed by atoms with E-state index in [1.165, 1.54) is 30.5 Å². The van der Waals surface area contributed by atoms with Crippen LogP contribution in [-0.2, 0) is 17.8 Å². The van der Waals surface area contributed by atoms with Gasteiger partial charge in [0.15, 0.2) is 0 Å². The summed E-state index contributed by atoms with van der Waals surface area (Å²) in [5.74, 6) is -0.977. The number of aromatic hydroxyl groups is 1. The van der Waals surface area contributed by atoms with E-state index in [1.807, 2.05) is 11.8 Å². The van der Waals surface area contributed by atoms with Crippen LogP contribution >= 0.6 is 0 Å². The lowest BCUT2D eigenvalue weighted by Gasteiger charge is -2.34. The van der Waals surface area contributed by atoms with Crippen LogP contribution in [0.5, 0.6) is 5.75 Å². The highest BCUT2D eigenvalue weighted by Crippen LogP contribution is 2.24. The summed E-state index contributed by atoms with van der Waals surface area (Å²) in [6.45, 7) is 6.00. The van der Waals surface area contributed by atoms with E-state index in [0.29, 0.717) is 12.0 Å². The Morgan fingerprint density at radius 1 is 1.10 bits per heavy atom. The van der Waals surface area contributed by atoms with Crippen LogP contribution in [0.25, 0.3) is 0 Å². The molecular weight excluding hydrogens is 402 g/mol. The zero-order valence-corrected chi connectivity index (χ0v) is 17.7. The normalized spacial score (nSPS) is 15.5. The van der Waals surface area contributed by atoms with Crippen LogP contribution in [0.4, 0.5) is 8.78 Å². The first-order valence-electron chi connectivity index (χ1n) is 10.5. The number of rotatable bonds is 8. The van der Waals surface area contributed by atoms with E-state index in [0.717, 1.165) is 44.7 Å². The van der Waals surface area contributed by atoms with Crippen LogP contribution in [0.3, 0.4) is 0 Å². The average molecular weight is 430 g/mol. The number of carbonyl (C=O) groups is 1. The van der Waals surface area contributed by atoms with Gasteiger partial charge in [-0.3, -0.25) is 14.6 Å². The number of aryl methyl sites for hydroxylation is 1. The summed E-state index contributed by atoms with van der Waals surface area (Å²) in [7, 11) is 0. The number of hydrogen-bond acceptors (Lipinski definition) is 5. The summed E-state index contributed by atoms with van der Waals surface area (Å²) in [6, 6.07) is 8.99. The van der Waals surface area contributed by atoms with Gasteiger partial charge in [-0.25, -0.2) is 14.2 Å². The molecule has 8 heteroatoms. The zero-order valence-electron chi connectivity index (χ0n) is 17.7. The maximum atomic E-state index is 13.7. The molecule has 1 amide bonds.